The van der Waals surface area contributed by atoms with Crippen LogP contribution in [-0.4, -0.2) is 34.0 Å². The highest BCUT2D eigenvalue weighted by Gasteiger charge is 2.46. The predicted molar refractivity (Wildman–Crippen MR) is 81.1 cm³/mol. The minimum absolute atomic E-state index is 0.00891. The van der Waals surface area contributed by atoms with Gasteiger partial charge >= 0.3 is 0 Å². The number of carbonyl (C=O) groups excluding carboxylic acids is 1. The molecule has 0 spiro atoms. The Morgan fingerprint density at radius 3 is 2.87 bits per heavy atom. The van der Waals surface area contributed by atoms with Gasteiger partial charge in [-0.05, 0) is 18.8 Å². The highest BCUT2D eigenvalue weighted by Crippen LogP contribution is 2.38. The van der Waals surface area contributed by atoms with Crippen LogP contribution >= 0.6 is 0 Å². The number of halogens is 1. The second kappa shape index (κ2) is 5.44. The summed E-state index contributed by atoms with van der Waals surface area (Å²) < 4.78 is 20.3. The van der Waals surface area contributed by atoms with Gasteiger partial charge < -0.3 is 9.42 Å². The van der Waals surface area contributed by atoms with Gasteiger partial charge in [-0.2, -0.15) is 4.98 Å². The van der Waals surface area contributed by atoms with Crippen LogP contribution in [0.4, 0.5) is 4.39 Å². The normalized spacial score (nSPS) is 24.1. The number of carbonyl (C=O) groups is 1. The molecule has 2 heterocycles. The van der Waals surface area contributed by atoms with Crippen LogP contribution in [0.25, 0.3) is 11.4 Å². The van der Waals surface area contributed by atoms with Crippen LogP contribution in [-0.2, 0) is 10.5 Å². The number of hydrogen-bond donors (Lipinski definition) is 0. The molecule has 2 fully saturated rings. The molecule has 4 rings (SSSR count). The lowest BCUT2D eigenvalue weighted by molar-refractivity contribution is -0.131. The number of alkyl halides is 1. The van der Waals surface area contributed by atoms with Crippen LogP contribution in [0.15, 0.2) is 34.9 Å². The van der Waals surface area contributed by atoms with Gasteiger partial charge in [0.05, 0.1) is 6.54 Å². The second-order valence-electron chi connectivity index (χ2n) is 6.47. The van der Waals surface area contributed by atoms with Crippen LogP contribution in [0.5, 0.6) is 0 Å². The first-order valence-electron chi connectivity index (χ1n) is 8.00. The summed E-state index contributed by atoms with van der Waals surface area (Å²) in [5, 5.41) is 3.87. The van der Waals surface area contributed by atoms with E-state index in [0.29, 0.717) is 24.7 Å². The molecule has 1 saturated heterocycles. The van der Waals surface area contributed by atoms with Crippen molar-refractivity contribution >= 4 is 5.91 Å². The third kappa shape index (κ3) is 2.85. The Morgan fingerprint density at radius 1 is 1.35 bits per heavy atom. The molecule has 1 amide bonds. The molecule has 1 unspecified atom stereocenters. The summed E-state index contributed by atoms with van der Waals surface area (Å²) in [6.07, 6.45) is 2.98. The Bertz CT molecular complexity index is 714. The summed E-state index contributed by atoms with van der Waals surface area (Å²) >= 11 is 0. The lowest BCUT2D eigenvalue weighted by Crippen LogP contribution is -2.32. The molecule has 1 saturated carbocycles. The van der Waals surface area contributed by atoms with E-state index in [-0.39, 0.29) is 24.8 Å². The molecule has 0 bridgehead atoms. The van der Waals surface area contributed by atoms with Crippen molar-refractivity contribution in [2.45, 2.75) is 31.4 Å². The third-order valence-corrected chi connectivity index (χ3v) is 4.57. The summed E-state index contributed by atoms with van der Waals surface area (Å²) in [6.45, 7) is 0.417. The Balaban J connectivity index is 1.49. The van der Waals surface area contributed by atoms with E-state index in [2.05, 4.69) is 10.1 Å². The number of likely N-dealkylation sites (tertiary alicyclic amines) is 1. The fourth-order valence-corrected chi connectivity index (χ4v) is 2.97. The zero-order chi connectivity index (χ0) is 15.9. The minimum Gasteiger partial charge on any atom is -0.339 e. The third-order valence-electron chi connectivity index (χ3n) is 4.57. The van der Waals surface area contributed by atoms with E-state index in [1.165, 1.54) is 0 Å². The molecule has 120 valence electrons. The molecule has 1 aliphatic carbocycles. The average molecular weight is 315 g/mol. The highest BCUT2D eigenvalue weighted by molar-refractivity contribution is 5.77. The van der Waals surface area contributed by atoms with Crippen LogP contribution < -0.4 is 0 Å². The number of amides is 1. The van der Waals surface area contributed by atoms with Crippen LogP contribution in [0.3, 0.4) is 0 Å². The van der Waals surface area contributed by atoms with Crippen LogP contribution in [0, 0.1) is 5.92 Å². The Labute approximate surface area is 133 Å². The zero-order valence-electron chi connectivity index (χ0n) is 12.7. The predicted octanol–water partition coefficient (Wildman–Crippen LogP) is 2.93. The van der Waals surface area contributed by atoms with Gasteiger partial charge in [0, 0.05) is 24.9 Å². The van der Waals surface area contributed by atoms with Crippen molar-refractivity contribution in [2.75, 3.05) is 13.1 Å². The summed E-state index contributed by atoms with van der Waals surface area (Å²) in [4.78, 5) is 17.9. The standard InChI is InChI=1S/C17H18FN3O2/c18-17(8-9-21(11-17)14(22)10-12-6-7-12)16-19-15(20-23-16)13-4-2-1-3-5-13/h1-5,12H,6-11H2. The zero-order valence-corrected chi connectivity index (χ0v) is 12.7. The van der Waals surface area contributed by atoms with E-state index in [9.17, 15) is 4.79 Å². The van der Waals surface area contributed by atoms with Crippen molar-refractivity contribution in [1.29, 1.82) is 0 Å². The summed E-state index contributed by atoms with van der Waals surface area (Å²) in [6, 6.07) is 9.32. The second-order valence-corrected chi connectivity index (χ2v) is 6.47. The smallest absolute Gasteiger partial charge is 0.266 e. The van der Waals surface area contributed by atoms with E-state index < -0.39 is 5.67 Å². The summed E-state index contributed by atoms with van der Waals surface area (Å²) in [5.74, 6) is 0.887. The SMILES string of the molecule is O=C(CC1CC1)N1CCC(F)(c2nc(-c3ccccc3)no2)C1. The molecule has 1 aromatic heterocycles. The van der Waals surface area contributed by atoms with Gasteiger partial charge in [-0.1, -0.05) is 35.5 Å². The average Bonchev–Trinajstić information content (AvgIpc) is 3.09. The quantitative estimate of drug-likeness (QED) is 0.870. The van der Waals surface area contributed by atoms with Crippen molar-refractivity contribution in [3.05, 3.63) is 36.2 Å². The minimum atomic E-state index is -1.74. The summed E-state index contributed by atoms with van der Waals surface area (Å²) in [7, 11) is 0. The van der Waals surface area contributed by atoms with Crippen molar-refractivity contribution in [3.8, 4) is 11.4 Å². The molecule has 1 aliphatic heterocycles. The number of nitrogens with zero attached hydrogens (tertiary/aromatic N) is 3. The lowest BCUT2D eigenvalue weighted by Gasteiger charge is -2.17. The van der Waals surface area contributed by atoms with Gasteiger partial charge in [-0.25, -0.2) is 4.39 Å². The molecule has 5 nitrogen and oxygen atoms in total. The topological polar surface area (TPSA) is 59.2 Å². The Morgan fingerprint density at radius 2 is 2.13 bits per heavy atom. The first kappa shape index (κ1) is 14.4. The maximum absolute atomic E-state index is 15.1. The monoisotopic (exact) mass is 315 g/mol. The van der Waals surface area contributed by atoms with E-state index >= 15 is 4.39 Å². The van der Waals surface area contributed by atoms with Crippen LogP contribution in [0.1, 0.15) is 31.6 Å². The Hall–Kier alpha value is -2.24. The highest BCUT2D eigenvalue weighted by atomic mass is 19.1. The van der Waals surface area contributed by atoms with Crippen molar-refractivity contribution < 1.29 is 13.7 Å². The lowest BCUT2D eigenvalue weighted by atomic mass is 10.1. The molecular formula is C17H18FN3O2. The van der Waals surface area contributed by atoms with Gasteiger partial charge in [0.25, 0.3) is 5.89 Å². The van der Waals surface area contributed by atoms with Gasteiger partial charge in [0.15, 0.2) is 0 Å². The molecule has 2 aliphatic rings. The molecule has 6 heteroatoms. The van der Waals surface area contributed by atoms with Gasteiger partial charge in [0.2, 0.25) is 17.4 Å². The molecule has 23 heavy (non-hydrogen) atoms. The van der Waals surface area contributed by atoms with Gasteiger partial charge in [-0.3, -0.25) is 4.79 Å². The van der Waals surface area contributed by atoms with E-state index in [1.54, 1.807) is 4.90 Å². The Kier molecular flexibility index (Phi) is 3.39. The van der Waals surface area contributed by atoms with Crippen molar-refractivity contribution in [1.82, 2.24) is 15.0 Å². The number of hydrogen-bond acceptors (Lipinski definition) is 4. The summed E-state index contributed by atoms with van der Waals surface area (Å²) in [5.41, 5.74) is -0.954. The molecule has 0 N–H and O–H groups in total. The van der Waals surface area contributed by atoms with Crippen LogP contribution in [0.2, 0.25) is 0 Å². The van der Waals surface area contributed by atoms with Crippen molar-refractivity contribution in [3.63, 3.8) is 0 Å². The maximum atomic E-state index is 15.1. The molecule has 0 radical (unpaired) electrons. The maximum Gasteiger partial charge on any atom is 0.266 e. The molecule has 2 aromatic rings. The fourth-order valence-electron chi connectivity index (χ4n) is 2.97. The number of benzene rings is 1. The fraction of sp³-hybridized carbons (Fsp3) is 0.471. The van der Waals surface area contributed by atoms with E-state index in [1.807, 2.05) is 30.3 Å². The molecule has 1 aromatic carbocycles. The van der Waals surface area contributed by atoms with Crippen molar-refractivity contribution in [2.24, 2.45) is 5.92 Å². The first-order valence-corrected chi connectivity index (χ1v) is 8.00. The largest absolute Gasteiger partial charge is 0.339 e. The molecule has 1 atom stereocenters. The van der Waals surface area contributed by atoms with Gasteiger partial charge in [-0.15, -0.1) is 0 Å². The molecular weight excluding hydrogens is 297 g/mol. The van der Waals surface area contributed by atoms with E-state index in [4.69, 9.17) is 4.52 Å². The van der Waals surface area contributed by atoms with Gasteiger partial charge in [0.1, 0.15) is 0 Å². The number of aromatic nitrogens is 2. The van der Waals surface area contributed by atoms with E-state index in [0.717, 1.165) is 18.4 Å². The first-order chi connectivity index (χ1) is 11.1. The number of rotatable bonds is 4.